The number of aromatic nitrogens is 1. The number of hydrogen-bond donors (Lipinski definition) is 2. The van der Waals surface area contributed by atoms with Gasteiger partial charge >= 0.3 is 12.3 Å². The van der Waals surface area contributed by atoms with Crippen molar-refractivity contribution in [3.63, 3.8) is 0 Å². The molecule has 0 amide bonds. The van der Waals surface area contributed by atoms with Gasteiger partial charge in [-0.05, 0) is 6.07 Å². The summed E-state index contributed by atoms with van der Waals surface area (Å²) in [6.07, 6.45) is -5.01. The van der Waals surface area contributed by atoms with Crippen LogP contribution in [-0.2, 0) is 5.88 Å². The average molecular weight is 272 g/mol. The summed E-state index contributed by atoms with van der Waals surface area (Å²) in [4.78, 5) is 23.3. The summed E-state index contributed by atoms with van der Waals surface area (Å²) in [5, 5.41) is 8.58. The first-order valence-corrected chi connectivity index (χ1v) is 4.59. The van der Waals surface area contributed by atoms with Crippen LogP contribution in [0.25, 0.3) is 0 Å². The lowest BCUT2D eigenvalue weighted by Crippen LogP contribution is -2.24. The molecule has 0 fully saturated rings. The fraction of sp³-hybridized carbons (Fsp3) is 0.250. The molecule has 0 aliphatic rings. The molecule has 0 saturated heterocycles. The largest absolute Gasteiger partial charge is 0.574 e. The topological polar surface area (TPSA) is 79.4 Å². The van der Waals surface area contributed by atoms with Crippen LogP contribution < -0.4 is 10.3 Å². The Morgan fingerprint density at radius 3 is 2.53 bits per heavy atom. The highest BCUT2D eigenvalue weighted by molar-refractivity contribution is 6.17. The fourth-order valence-corrected chi connectivity index (χ4v) is 1.22. The van der Waals surface area contributed by atoms with E-state index in [4.69, 9.17) is 16.7 Å². The maximum absolute atomic E-state index is 11.9. The zero-order chi connectivity index (χ0) is 13.2. The number of halogens is 4. The highest BCUT2D eigenvalue weighted by atomic mass is 35.5. The molecule has 0 aliphatic carbocycles. The molecule has 0 radical (unpaired) electrons. The zero-order valence-electron chi connectivity index (χ0n) is 7.97. The van der Waals surface area contributed by atoms with Crippen molar-refractivity contribution in [2.45, 2.75) is 12.2 Å². The second kappa shape index (κ2) is 4.66. The SMILES string of the molecule is O=C(O)c1cc(CCl)c(OC(F)(F)F)[nH]c1=O. The van der Waals surface area contributed by atoms with Crippen molar-refractivity contribution in [1.29, 1.82) is 0 Å². The molecule has 0 spiro atoms. The van der Waals surface area contributed by atoms with Gasteiger partial charge in [0.1, 0.15) is 5.56 Å². The molecule has 1 rings (SSSR count). The van der Waals surface area contributed by atoms with Crippen LogP contribution in [0, 0.1) is 0 Å². The Labute approximate surface area is 96.8 Å². The molecule has 0 aliphatic heterocycles. The van der Waals surface area contributed by atoms with Crippen molar-refractivity contribution >= 4 is 17.6 Å². The molecule has 9 heteroatoms. The van der Waals surface area contributed by atoms with Crippen LogP contribution >= 0.6 is 11.6 Å². The minimum Gasteiger partial charge on any atom is -0.477 e. The Kier molecular flexibility index (Phi) is 3.66. The van der Waals surface area contributed by atoms with Gasteiger partial charge in [-0.1, -0.05) is 0 Å². The van der Waals surface area contributed by atoms with Gasteiger partial charge in [0.05, 0.1) is 5.88 Å². The van der Waals surface area contributed by atoms with Gasteiger partial charge in [0.2, 0.25) is 5.88 Å². The maximum atomic E-state index is 11.9. The summed E-state index contributed by atoms with van der Waals surface area (Å²) in [5.41, 5.74) is -2.19. The number of nitrogens with one attached hydrogen (secondary N) is 1. The number of aromatic amines is 1. The summed E-state index contributed by atoms with van der Waals surface area (Å²) in [6, 6.07) is 0.731. The molecule has 17 heavy (non-hydrogen) atoms. The number of rotatable bonds is 3. The standard InChI is InChI=1S/C8H5ClF3NO4/c9-2-3-1-4(7(15)16)5(14)13-6(3)17-8(10,11)12/h1H,2H2,(H,13,14)(H,15,16). The van der Waals surface area contributed by atoms with Crippen LogP contribution in [-0.4, -0.2) is 22.4 Å². The molecule has 2 N–H and O–H groups in total. The van der Waals surface area contributed by atoms with E-state index in [9.17, 15) is 22.8 Å². The lowest BCUT2D eigenvalue weighted by molar-refractivity contribution is -0.276. The third-order valence-corrected chi connectivity index (χ3v) is 1.96. The summed E-state index contributed by atoms with van der Waals surface area (Å²) in [6.45, 7) is 0. The molecule has 0 unspecified atom stereocenters. The van der Waals surface area contributed by atoms with Crippen LogP contribution in [0.2, 0.25) is 0 Å². The van der Waals surface area contributed by atoms with E-state index >= 15 is 0 Å². The smallest absolute Gasteiger partial charge is 0.477 e. The molecule has 1 aromatic rings. The number of ether oxygens (including phenoxy) is 1. The molecule has 0 bridgehead atoms. The normalized spacial score (nSPS) is 11.3. The Hall–Kier alpha value is -1.70. The predicted octanol–water partition coefficient (Wildman–Crippen LogP) is 1.71. The first-order chi connectivity index (χ1) is 7.74. The number of carboxylic acid groups (broad SMARTS) is 1. The van der Waals surface area contributed by atoms with Crippen molar-refractivity contribution in [3.8, 4) is 5.88 Å². The highest BCUT2D eigenvalue weighted by Gasteiger charge is 2.33. The number of hydrogen-bond acceptors (Lipinski definition) is 3. The van der Waals surface area contributed by atoms with Gasteiger partial charge in [0.15, 0.2) is 0 Å². The van der Waals surface area contributed by atoms with E-state index in [1.54, 1.807) is 4.98 Å². The van der Waals surface area contributed by atoms with Crippen molar-refractivity contribution in [2.75, 3.05) is 0 Å². The highest BCUT2D eigenvalue weighted by Crippen LogP contribution is 2.24. The third-order valence-electron chi connectivity index (χ3n) is 1.67. The van der Waals surface area contributed by atoms with Crippen LogP contribution in [0.3, 0.4) is 0 Å². The molecule has 1 aromatic heterocycles. The van der Waals surface area contributed by atoms with Crippen LogP contribution in [0.15, 0.2) is 10.9 Å². The number of aromatic carboxylic acids is 1. The summed E-state index contributed by atoms with van der Waals surface area (Å²) < 4.78 is 39.3. The quantitative estimate of drug-likeness (QED) is 0.820. The second-order valence-electron chi connectivity index (χ2n) is 2.85. The molecule has 0 saturated carbocycles. The van der Waals surface area contributed by atoms with E-state index in [1.807, 2.05) is 0 Å². The number of pyridine rings is 1. The third kappa shape index (κ3) is 3.38. The number of carboxylic acids is 1. The van der Waals surface area contributed by atoms with E-state index in [1.165, 1.54) is 0 Å². The van der Waals surface area contributed by atoms with Crippen LogP contribution in [0.4, 0.5) is 13.2 Å². The van der Waals surface area contributed by atoms with E-state index in [-0.39, 0.29) is 5.56 Å². The van der Waals surface area contributed by atoms with Crippen molar-refractivity contribution in [3.05, 3.63) is 27.5 Å². The first-order valence-electron chi connectivity index (χ1n) is 4.06. The van der Waals surface area contributed by atoms with Crippen molar-refractivity contribution in [2.24, 2.45) is 0 Å². The minimum atomic E-state index is -5.01. The number of carbonyl (C=O) groups is 1. The Balaban J connectivity index is 3.29. The van der Waals surface area contributed by atoms with E-state index in [0.29, 0.717) is 0 Å². The van der Waals surface area contributed by atoms with Gasteiger partial charge in [-0.15, -0.1) is 24.8 Å². The molecule has 94 valence electrons. The van der Waals surface area contributed by atoms with E-state index in [2.05, 4.69) is 4.74 Å². The second-order valence-corrected chi connectivity index (χ2v) is 3.12. The average Bonchev–Trinajstić information content (AvgIpc) is 2.14. The molecule has 5 nitrogen and oxygen atoms in total. The van der Waals surface area contributed by atoms with E-state index < -0.39 is 35.2 Å². The van der Waals surface area contributed by atoms with Gasteiger partial charge in [-0.3, -0.25) is 9.78 Å². The lowest BCUT2D eigenvalue weighted by Gasteiger charge is -2.11. The Bertz CT molecular complexity index is 497. The van der Waals surface area contributed by atoms with Crippen molar-refractivity contribution in [1.82, 2.24) is 4.98 Å². The Morgan fingerprint density at radius 1 is 1.53 bits per heavy atom. The maximum Gasteiger partial charge on any atom is 0.574 e. The fourth-order valence-electron chi connectivity index (χ4n) is 1.02. The summed E-state index contributed by atoms with van der Waals surface area (Å²) in [5.74, 6) is -2.93. The van der Waals surface area contributed by atoms with E-state index in [0.717, 1.165) is 6.07 Å². The molecular weight excluding hydrogens is 267 g/mol. The molecule has 0 aromatic carbocycles. The van der Waals surface area contributed by atoms with Crippen LogP contribution in [0.1, 0.15) is 15.9 Å². The molecule has 1 heterocycles. The van der Waals surface area contributed by atoms with Gasteiger partial charge in [-0.25, -0.2) is 4.79 Å². The van der Waals surface area contributed by atoms with Gasteiger partial charge in [-0.2, -0.15) is 0 Å². The first kappa shape index (κ1) is 13.4. The summed E-state index contributed by atoms with van der Waals surface area (Å²) >= 11 is 5.33. The van der Waals surface area contributed by atoms with Crippen molar-refractivity contribution < 1.29 is 27.8 Å². The van der Waals surface area contributed by atoms with Gasteiger partial charge in [0, 0.05) is 5.56 Å². The monoisotopic (exact) mass is 271 g/mol. The number of alkyl halides is 4. The minimum absolute atomic E-state index is 0.277. The molecule has 0 atom stereocenters. The van der Waals surface area contributed by atoms with Crippen LogP contribution in [0.5, 0.6) is 5.88 Å². The summed E-state index contributed by atoms with van der Waals surface area (Å²) in [7, 11) is 0. The van der Waals surface area contributed by atoms with Gasteiger partial charge < -0.3 is 9.84 Å². The Morgan fingerprint density at radius 2 is 2.12 bits per heavy atom. The predicted molar refractivity (Wildman–Crippen MR) is 50.3 cm³/mol. The zero-order valence-corrected chi connectivity index (χ0v) is 8.72. The van der Waals surface area contributed by atoms with Gasteiger partial charge in [0.25, 0.3) is 5.56 Å². The number of H-pyrrole nitrogens is 1. The lowest BCUT2D eigenvalue weighted by atomic mass is 10.2. The molecular formula is C8H5ClF3NO4.